The van der Waals surface area contributed by atoms with Gasteiger partial charge in [-0.3, -0.25) is 5.32 Å². The molecule has 20 heavy (non-hydrogen) atoms. The summed E-state index contributed by atoms with van der Waals surface area (Å²) in [5, 5.41) is 3.07. The van der Waals surface area contributed by atoms with Crippen molar-refractivity contribution in [3.8, 4) is 0 Å². The van der Waals surface area contributed by atoms with Gasteiger partial charge in [0.2, 0.25) is 0 Å². The number of halogens is 2. The molecule has 2 N–H and O–H groups in total. The van der Waals surface area contributed by atoms with E-state index < -0.39 is 18.1 Å². The fourth-order valence-electron chi connectivity index (χ4n) is 1.79. The summed E-state index contributed by atoms with van der Waals surface area (Å²) >= 11 is 0. The number of hydrogen-bond acceptors (Lipinski definition) is 2. The molecule has 1 aromatic heterocycles. The average molecular weight is 282 g/mol. The van der Waals surface area contributed by atoms with Crippen molar-refractivity contribution < 1.29 is 18.3 Å². The number of carbonyl (C=O) groups excluding carboxylic acids is 1. The minimum Gasteiger partial charge on any atom is -0.444 e. The summed E-state index contributed by atoms with van der Waals surface area (Å²) in [6.45, 7) is 5.24. The Morgan fingerprint density at radius 2 is 2.05 bits per heavy atom. The fourth-order valence-corrected chi connectivity index (χ4v) is 1.79. The van der Waals surface area contributed by atoms with Crippen molar-refractivity contribution in [2.24, 2.45) is 0 Å². The Bertz CT molecular complexity index is 630. The van der Waals surface area contributed by atoms with Crippen molar-refractivity contribution in [1.29, 1.82) is 0 Å². The van der Waals surface area contributed by atoms with Crippen LogP contribution in [-0.4, -0.2) is 16.7 Å². The maximum atomic E-state index is 12.7. The second-order valence-corrected chi connectivity index (χ2v) is 5.43. The number of alkyl halides is 2. The van der Waals surface area contributed by atoms with Crippen LogP contribution in [0.3, 0.4) is 0 Å². The highest BCUT2D eigenvalue weighted by atomic mass is 19.3. The summed E-state index contributed by atoms with van der Waals surface area (Å²) in [4.78, 5) is 14.6. The van der Waals surface area contributed by atoms with E-state index in [0.717, 1.165) is 0 Å². The van der Waals surface area contributed by atoms with Crippen LogP contribution in [0.1, 0.15) is 32.8 Å². The molecule has 1 amide bonds. The molecule has 0 aliphatic rings. The number of anilines is 1. The van der Waals surface area contributed by atoms with Crippen LogP contribution in [0.5, 0.6) is 0 Å². The van der Waals surface area contributed by atoms with Crippen molar-refractivity contribution in [2.45, 2.75) is 32.8 Å². The molecule has 6 heteroatoms. The molecule has 0 spiro atoms. The van der Waals surface area contributed by atoms with Gasteiger partial charge in [0.15, 0.2) is 0 Å². The lowest BCUT2D eigenvalue weighted by Gasteiger charge is -2.19. The molecule has 0 aliphatic heterocycles. The monoisotopic (exact) mass is 282 g/mol. The van der Waals surface area contributed by atoms with Crippen molar-refractivity contribution in [3.63, 3.8) is 0 Å². The predicted molar refractivity (Wildman–Crippen MR) is 73.1 cm³/mol. The Morgan fingerprint density at radius 3 is 2.65 bits per heavy atom. The molecule has 0 bridgehead atoms. The molecule has 0 saturated heterocycles. The van der Waals surface area contributed by atoms with E-state index in [0.29, 0.717) is 16.6 Å². The minimum absolute atomic E-state index is 0.0932. The van der Waals surface area contributed by atoms with Gasteiger partial charge in [-0.25, -0.2) is 13.6 Å². The van der Waals surface area contributed by atoms with Gasteiger partial charge in [0.25, 0.3) is 6.43 Å². The van der Waals surface area contributed by atoms with Gasteiger partial charge in [0.1, 0.15) is 5.60 Å². The molecule has 0 aliphatic carbocycles. The van der Waals surface area contributed by atoms with Crippen LogP contribution in [0.4, 0.5) is 19.3 Å². The number of hydrogen-bond donors (Lipinski definition) is 2. The number of aromatic amines is 1. The summed E-state index contributed by atoms with van der Waals surface area (Å²) in [5.74, 6) is 0. The third-order valence-corrected chi connectivity index (χ3v) is 2.59. The topological polar surface area (TPSA) is 54.1 Å². The Balaban J connectivity index is 2.26. The quantitative estimate of drug-likeness (QED) is 0.854. The lowest BCUT2D eigenvalue weighted by atomic mass is 10.1. The third kappa shape index (κ3) is 3.26. The van der Waals surface area contributed by atoms with E-state index in [2.05, 4.69) is 10.3 Å². The molecule has 2 aromatic rings. The number of fused-ring (bicyclic) bond motifs is 1. The first-order valence-electron chi connectivity index (χ1n) is 6.15. The average Bonchev–Trinajstić information content (AvgIpc) is 2.69. The highest BCUT2D eigenvalue weighted by Crippen LogP contribution is 2.28. The Morgan fingerprint density at radius 1 is 1.35 bits per heavy atom. The summed E-state index contributed by atoms with van der Waals surface area (Å²) < 4.78 is 30.5. The van der Waals surface area contributed by atoms with Gasteiger partial charge in [0.05, 0.1) is 5.69 Å². The van der Waals surface area contributed by atoms with Crippen LogP contribution in [0.25, 0.3) is 10.9 Å². The summed E-state index contributed by atoms with van der Waals surface area (Å²) in [6.07, 6.45) is -1.63. The standard InChI is InChI=1S/C14H16F2N2O2/c1-14(2,3)20-13(19)18-11-7-17-10-5-4-8(12(15)16)6-9(10)11/h4-7,12,17H,1-3H3,(H,18,19). The molecule has 0 radical (unpaired) electrons. The number of benzene rings is 1. The van der Waals surface area contributed by atoms with Crippen LogP contribution < -0.4 is 5.32 Å². The molecule has 0 atom stereocenters. The fraction of sp³-hybridized carbons (Fsp3) is 0.357. The molecule has 1 heterocycles. The zero-order valence-electron chi connectivity index (χ0n) is 11.5. The molecule has 0 unspecified atom stereocenters. The molecule has 1 aromatic carbocycles. The van der Waals surface area contributed by atoms with Crippen molar-refractivity contribution in [3.05, 3.63) is 30.0 Å². The van der Waals surface area contributed by atoms with Crippen molar-refractivity contribution in [2.75, 3.05) is 5.32 Å². The van der Waals surface area contributed by atoms with E-state index in [-0.39, 0.29) is 5.56 Å². The van der Waals surface area contributed by atoms with E-state index in [1.165, 1.54) is 12.1 Å². The first kappa shape index (κ1) is 14.3. The van der Waals surface area contributed by atoms with E-state index >= 15 is 0 Å². The SMILES string of the molecule is CC(C)(C)OC(=O)Nc1c[nH]c2ccc(C(F)F)cc12. The van der Waals surface area contributed by atoms with Gasteiger partial charge in [-0.05, 0) is 32.9 Å². The molecule has 2 rings (SSSR count). The van der Waals surface area contributed by atoms with E-state index in [1.807, 2.05) is 0 Å². The maximum Gasteiger partial charge on any atom is 0.412 e. The lowest BCUT2D eigenvalue weighted by Crippen LogP contribution is -2.27. The summed E-state index contributed by atoms with van der Waals surface area (Å²) in [7, 11) is 0. The first-order valence-corrected chi connectivity index (χ1v) is 6.15. The van der Waals surface area contributed by atoms with Crippen LogP contribution in [0.15, 0.2) is 24.4 Å². The Hall–Kier alpha value is -2.11. The summed E-state index contributed by atoms with van der Waals surface area (Å²) in [5.41, 5.74) is 0.367. The second kappa shape index (κ2) is 5.11. The third-order valence-electron chi connectivity index (χ3n) is 2.59. The zero-order chi connectivity index (χ0) is 14.9. The maximum absolute atomic E-state index is 12.7. The molecule has 0 fully saturated rings. The van der Waals surface area contributed by atoms with Gasteiger partial charge < -0.3 is 9.72 Å². The van der Waals surface area contributed by atoms with Gasteiger partial charge >= 0.3 is 6.09 Å². The van der Waals surface area contributed by atoms with Crippen molar-refractivity contribution in [1.82, 2.24) is 4.98 Å². The van der Waals surface area contributed by atoms with Gasteiger partial charge in [-0.1, -0.05) is 6.07 Å². The first-order chi connectivity index (χ1) is 9.26. The number of carbonyl (C=O) groups is 1. The summed E-state index contributed by atoms with van der Waals surface area (Å²) in [6, 6.07) is 4.25. The van der Waals surface area contributed by atoms with Crippen LogP contribution in [-0.2, 0) is 4.74 Å². The van der Waals surface area contributed by atoms with Crippen LogP contribution >= 0.6 is 0 Å². The smallest absolute Gasteiger partial charge is 0.412 e. The van der Waals surface area contributed by atoms with Gasteiger partial charge in [0, 0.05) is 22.7 Å². The Kier molecular flexibility index (Phi) is 3.65. The van der Waals surface area contributed by atoms with Crippen LogP contribution in [0, 0.1) is 0 Å². The van der Waals surface area contributed by atoms with E-state index in [1.54, 1.807) is 33.0 Å². The zero-order valence-corrected chi connectivity index (χ0v) is 11.5. The highest BCUT2D eigenvalue weighted by Gasteiger charge is 2.18. The number of H-pyrrole nitrogens is 1. The number of rotatable bonds is 2. The molecule has 108 valence electrons. The van der Waals surface area contributed by atoms with Gasteiger partial charge in [-0.15, -0.1) is 0 Å². The lowest BCUT2D eigenvalue weighted by molar-refractivity contribution is 0.0636. The van der Waals surface area contributed by atoms with Gasteiger partial charge in [-0.2, -0.15) is 0 Å². The van der Waals surface area contributed by atoms with Crippen LogP contribution in [0.2, 0.25) is 0 Å². The molecule has 4 nitrogen and oxygen atoms in total. The minimum atomic E-state index is -2.55. The predicted octanol–water partition coefficient (Wildman–Crippen LogP) is 4.45. The number of amides is 1. The normalized spacial score (nSPS) is 11.9. The molecular weight excluding hydrogens is 266 g/mol. The van der Waals surface area contributed by atoms with Crippen molar-refractivity contribution >= 4 is 22.7 Å². The number of ether oxygens (including phenoxy) is 1. The molecule has 0 saturated carbocycles. The highest BCUT2D eigenvalue weighted by molar-refractivity contribution is 5.99. The number of nitrogens with one attached hydrogen (secondary N) is 2. The largest absolute Gasteiger partial charge is 0.444 e. The molecular formula is C14H16F2N2O2. The number of aromatic nitrogens is 1. The second-order valence-electron chi connectivity index (χ2n) is 5.43. The Labute approximate surface area is 115 Å². The van der Waals surface area contributed by atoms with E-state index in [4.69, 9.17) is 4.74 Å². The van der Waals surface area contributed by atoms with E-state index in [9.17, 15) is 13.6 Å².